The maximum Gasteiger partial charge on any atom is 0.268 e. The monoisotopic (exact) mass is 301 g/mol. The summed E-state index contributed by atoms with van der Waals surface area (Å²) in [7, 11) is 0. The molecular formula is C7H3F3INO. The molecule has 0 amide bonds. The third kappa shape index (κ3) is 2.17. The molecule has 0 atom stereocenters. The van der Waals surface area contributed by atoms with Crippen molar-refractivity contribution in [1.29, 1.82) is 0 Å². The molecule has 1 heterocycles. The number of aromatic nitrogens is 1. The van der Waals surface area contributed by atoms with Crippen LogP contribution in [0.4, 0.5) is 13.2 Å². The molecule has 0 unspecified atom stereocenters. The van der Waals surface area contributed by atoms with Crippen LogP contribution in [0.3, 0.4) is 0 Å². The number of carbonyl (C=O) groups is 1. The summed E-state index contributed by atoms with van der Waals surface area (Å²) in [5.41, 5.74) is -0.875. The molecule has 2 nitrogen and oxygen atoms in total. The topological polar surface area (TPSA) is 30.0 Å². The lowest BCUT2D eigenvalue weighted by molar-refractivity contribution is 0.112. The summed E-state index contributed by atoms with van der Waals surface area (Å²) in [4.78, 5) is 13.5. The number of hydrogen-bond acceptors (Lipinski definition) is 2. The number of rotatable bonds is 2. The fourth-order valence-corrected chi connectivity index (χ4v) is 1.23. The van der Waals surface area contributed by atoms with Crippen molar-refractivity contribution >= 4 is 28.9 Å². The van der Waals surface area contributed by atoms with Gasteiger partial charge in [-0.15, -0.1) is 0 Å². The van der Waals surface area contributed by atoms with Crippen LogP contribution in [-0.4, -0.2) is 11.3 Å². The van der Waals surface area contributed by atoms with E-state index in [1.807, 2.05) is 0 Å². The minimum atomic E-state index is -2.96. The van der Waals surface area contributed by atoms with Gasteiger partial charge in [-0.3, -0.25) is 4.79 Å². The Kier molecular flexibility index (Phi) is 3.23. The summed E-state index contributed by atoms with van der Waals surface area (Å²) in [5, 5.41) is 0. The Morgan fingerprint density at radius 3 is 2.62 bits per heavy atom. The molecule has 0 saturated heterocycles. The van der Waals surface area contributed by atoms with Gasteiger partial charge < -0.3 is 0 Å². The Hall–Kier alpha value is -0.660. The summed E-state index contributed by atoms with van der Waals surface area (Å²) in [6.07, 6.45) is -2.59. The molecule has 6 heteroatoms. The lowest BCUT2D eigenvalue weighted by Crippen LogP contribution is -2.00. The normalized spacial score (nSPS) is 10.5. The standard InChI is InChI=1S/C7H3F3INO/c8-5(9)4-1-3(2-13)7(11)12-6(4)10/h1-2,5H. The minimum Gasteiger partial charge on any atom is -0.298 e. The van der Waals surface area contributed by atoms with Crippen LogP contribution in [0.2, 0.25) is 0 Å². The predicted octanol–water partition coefficient (Wildman–Crippen LogP) is 2.58. The highest BCUT2D eigenvalue weighted by Gasteiger charge is 2.17. The van der Waals surface area contributed by atoms with Gasteiger partial charge in [0, 0.05) is 5.56 Å². The fourth-order valence-electron chi connectivity index (χ4n) is 0.738. The number of alkyl halides is 2. The van der Waals surface area contributed by atoms with Gasteiger partial charge in [-0.25, -0.2) is 13.8 Å². The van der Waals surface area contributed by atoms with E-state index in [4.69, 9.17) is 0 Å². The first-order chi connectivity index (χ1) is 6.06. The van der Waals surface area contributed by atoms with E-state index in [1.165, 1.54) is 0 Å². The number of halogens is 4. The predicted molar refractivity (Wildman–Crippen MR) is 47.3 cm³/mol. The van der Waals surface area contributed by atoms with Gasteiger partial charge in [-0.1, -0.05) is 0 Å². The zero-order valence-electron chi connectivity index (χ0n) is 6.10. The van der Waals surface area contributed by atoms with Gasteiger partial charge in [0.15, 0.2) is 6.29 Å². The molecule has 1 rings (SSSR count). The molecule has 0 aromatic carbocycles. The Morgan fingerprint density at radius 1 is 1.54 bits per heavy atom. The highest BCUT2D eigenvalue weighted by atomic mass is 127. The van der Waals surface area contributed by atoms with Crippen molar-refractivity contribution in [2.45, 2.75) is 6.43 Å². The van der Waals surface area contributed by atoms with E-state index in [9.17, 15) is 18.0 Å². The average molecular weight is 301 g/mol. The molecule has 13 heavy (non-hydrogen) atoms. The van der Waals surface area contributed by atoms with Crippen LogP contribution >= 0.6 is 22.6 Å². The smallest absolute Gasteiger partial charge is 0.268 e. The molecule has 0 radical (unpaired) electrons. The van der Waals surface area contributed by atoms with Gasteiger partial charge in [0.2, 0.25) is 5.95 Å². The van der Waals surface area contributed by atoms with Crippen molar-refractivity contribution in [3.63, 3.8) is 0 Å². The molecule has 0 aliphatic heterocycles. The van der Waals surface area contributed by atoms with E-state index in [0.29, 0.717) is 6.29 Å². The lowest BCUT2D eigenvalue weighted by Gasteiger charge is -2.02. The van der Waals surface area contributed by atoms with E-state index in [1.54, 1.807) is 22.6 Å². The molecule has 0 aliphatic carbocycles. The van der Waals surface area contributed by atoms with E-state index < -0.39 is 17.9 Å². The van der Waals surface area contributed by atoms with Crippen LogP contribution in [-0.2, 0) is 0 Å². The van der Waals surface area contributed by atoms with Crippen molar-refractivity contribution in [3.05, 3.63) is 26.8 Å². The molecule has 1 aromatic rings. The van der Waals surface area contributed by atoms with Crippen molar-refractivity contribution in [1.82, 2.24) is 4.98 Å². The average Bonchev–Trinajstić information content (AvgIpc) is 2.03. The molecule has 70 valence electrons. The minimum absolute atomic E-state index is 0.0303. The van der Waals surface area contributed by atoms with Crippen molar-refractivity contribution < 1.29 is 18.0 Å². The maximum absolute atomic E-state index is 12.7. The Morgan fingerprint density at radius 2 is 2.15 bits per heavy atom. The van der Waals surface area contributed by atoms with Crippen LogP contribution in [0.25, 0.3) is 0 Å². The molecule has 0 bridgehead atoms. The molecule has 1 aromatic heterocycles. The zero-order chi connectivity index (χ0) is 10.0. The Bertz CT molecular complexity index is 343. The highest BCUT2D eigenvalue weighted by molar-refractivity contribution is 14.1. The summed E-state index contributed by atoms with van der Waals surface area (Å²) in [6.45, 7) is 0. The first-order valence-corrected chi connectivity index (χ1v) is 4.23. The third-order valence-corrected chi connectivity index (χ3v) is 2.21. The van der Waals surface area contributed by atoms with E-state index in [-0.39, 0.29) is 9.26 Å². The Balaban J connectivity index is 3.30. The number of carbonyl (C=O) groups excluding carboxylic acids is 1. The molecule has 0 aliphatic rings. The SMILES string of the molecule is O=Cc1cc(C(F)F)c(F)nc1I. The van der Waals surface area contributed by atoms with Crippen LogP contribution in [0.5, 0.6) is 0 Å². The number of aldehydes is 1. The maximum atomic E-state index is 12.7. The third-order valence-electron chi connectivity index (χ3n) is 1.35. The molecule has 0 spiro atoms. The Labute approximate surface area is 85.3 Å². The van der Waals surface area contributed by atoms with E-state index >= 15 is 0 Å². The second kappa shape index (κ2) is 4.03. The summed E-state index contributed by atoms with van der Waals surface area (Å²) in [6, 6.07) is 0.807. The van der Waals surface area contributed by atoms with Gasteiger partial charge in [-0.2, -0.15) is 4.39 Å². The van der Waals surface area contributed by atoms with Crippen LogP contribution in [0.1, 0.15) is 22.3 Å². The number of pyridine rings is 1. The highest BCUT2D eigenvalue weighted by Crippen LogP contribution is 2.23. The number of nitrogens with zero attached hydrogens (tertiary/aromatic N) is 1. The summed E-state index contributed by atoms with van der Waals surface area (Å²) < 4.78 is 36.9. The second-order valence-electron chi connectivity index (χ2n) is 2.17. The van der Waals surface area contributed by atoms with E-state index in [0.717, 1.165) is 6.07 Å². The van der Waals surface area contributed by atoms with Gasteiger partial charge >= 0.3 is 0 Å². The van der Waals surface area contributed by atoms with Crippen LogP contribution < -0.4 is 0 Å². The van der Waals surface area contributed by atoms with Crippen molar-refractivity contribution in [2.75, 3.05) is 0 Å². The van der Waals surface area contributed by atoms with Gasteiger partial charge in [0.25, 0.3) is 6.43 Å². The lowest BCUT2D eigenvalue weighted by atomic mass is 10.2. The van der Waals surface area contributed by atoms with Crippen molar-refractivity contribution in [3.8, 4) is 0 Å². The number of hydrogen-bond donors (Lipinski definition) is 0. The first kappa shape index (κ1) is 10.4. The molecule has 0 saturated carbocycles. The fraction of sp³-hybridized carbons (Fsp3) is 0.143. The second-order valence-corrected chi connectivity index (χ2v) is 3.19. The summed E-state index contributed by atoms with van der Waals surface area (Å²) in [5.74, 6) is -1.23. The molecular weight excluding hydrogens is 298 g/mol. The van der Waals surface area contributed by atoms with Crippen molar-refractivity contribution in [2.24, 2.45) is 0 Å². The molecule has 0 fully saturated rings. The van der Waals surface area contributed by atoms with E-state index in [2.05, 4.69) is 4.98 Å². The quantitative estimate of drug-likeness (QED) is 0.477. The zero-order valence-corrected chi connectivity index (χ0v) is 8.26. The molecule has 0 N–H and O–H groups in total. The first-order valence-electron chi connectivity index (χ1n) is 3.15. The van der Waals surface area contributed by atoms with Gasteiger partial charge in [0.1, 0.15) is 3.70 Å². The largest absolute Gasteiger partial charge is 0.298 e. The van der Waals surface area contributed by atoms with Crippen LogP contribution in [0, 0.1) is 9.65 Å². The van der Waals surface area contributed by atoms with Gasteiger partial charge in [-0.05, 0) is 28.7 Å². The van der Waals surface area contributed by atoms with Crippen LogP contribution in [0.15, 0.2) is 6.07 Å². The van der Waals surface area contributed by atoms with Gasteiger partial charge in [0.05, 0.1) is 5.56 Å². The summed E-state index contributed by atoms with van der Waals surface area (Å²) >= 11 is 1.60.